The molecule has 1 aliphatic heterocycles. The second-order valence-corrected chi connectivity index (χ2v) is 9.71. The molecule has 1 fully saturated rings. The van der Waals surface area contributed by atoms with Crippen molar-refractivity contribution >= 4 is 42.8 Å². The lowest BCUT2D eigenvalue weighted by atomic mass is 10.1. The fraction of sp³-hybridized carbons (Fsp3) is 0.250. The lowest BCUT2D eigenvalue weighted by Gasteiger charge is -2.34. The van der Waals surface area contributed by atoms with Gasteiger partial charge in [-0.15, -0.1) is 0 Å². The number of carbonyl (C=O) groups is 1. The molecule has 0 aliphatic carbocycles. The minimum absolute atomic E-state index is 0.0831. The van der Waals surface area contributed by atoms with Crippen molar-refractivity contribution in [3.63, 3.8) is 0 Å². The van der Waals surface area contributed by atoms with Crippen molar-refractivity contribution in [2.75, 3.05) is 26.2 Å². The number of piperazine rings is 1. The molecule has 1 aliphatic rings. The quantitative estimate of drug-likeness (QED) is 0.622. The van der Waals surface area contributed by atoms with Crippen LogP contribution >= 0.6 is 15.9 Å². The van der Waals surface area contributed by atoms with Crippen molar-refractivity contribution < 1.29 is 22.7 Å². The van der Waals surface area contributed by atoms with Gasteiger partial charge in [-0.3, -0.25) is 4.79 Å². The van der Waals surface area contributed by atoms with Crippen LogP contribution in [0.25, 0.3) is 11.0 Å². The van der Waals surface area contributed by atoms with Crippen LogP contribution in [0, 0.1) is 0 Å². The average molecular weight is 479 g/mol. The summed E-state index contributed by atoms with van der Waals surface area (Å²) in [6, 6.07) is 11.4. The Bertz CT molecular complexity index is 1170. The van der Waals surface area contributed by atoms with Crippen molar-refractivity contribution in [2.24, 2.45) is 0 Å². The molecule has 1 aromatic heterocycles. The Balaban J connectivity index is 1.42. The van der Waals surface area contributed by atoms with Crippen molar-refractivity contribution in [2.45, 2.75) is 11.3 Å². The number of nitrogens with zero attached hydrogens (tertiary/aromatic N) is 2. The zero-order valence-electron chi connectivity index (χ0n) is 15.4. The molecule has 1 amide bonds. The molecule has 0 atom stereocenters. The van der Waals surface area contributed by atoms with E-state index >= 15 is 0 Å². The van der Waals surface area contributed by atoms with Crippen LogP contribution in [0.4, 0.5) is 0 Å². The van der Waals surface area contributed by atoms with E-state index in [-0.39, 0.29) is 36.1 Å². The molecular weight excluding hydrogens is 460 g/mol. The van der Waals surface area contributed by atoms with Crippen LogP contribution in [0.2, 0.25) is 0 Å². The molecule has 1 N–H and O–H groups in total. The Morgan fingerprint density at radius 3 is 2.59 bits per heavy atom. The summed E-state index contributed by atoms with van der Waals surface area (Å²) in [5, 5.41) is 10.3. The Morgan fingerprint density at radius 1 is 1.10 bits per heavy atom. The number of rotatable bonds is 4. The van der Waals surface area contributed by atoms with Crippen molar-refractivity contribution in [3.05, 3.63) is 58.8 Å². The van der Waals surface area contributed by atoms with E-state index < -0.39 is 10.0 Å². The van der Waals surface area contributed by atoms with Gasteiger partial charge in [0.15, 0.2) is 0 Å². The summed E-state index contributed by atoms with van der Waals surface area (Å²) in [5.74, 6) is 0.0211. The van der Waals surface area contributed by atoms with Gasteiger partial charge in [-0.1, -0.05) is 22.0 Å². The fourth-order valence-electron chi connectivity index (χ4n) is 3.44. The van der Waals surface area contributed by atoms with Gasteiger partial charge in [-0.05, 0) is 30.3 Å². The molecule has 2 aromatic carbocycles. The summed E-state index contributed by atoms with van der Waals surface area (Å²) in [5.41, 5.74) is 1.27. The largest absolute Gasteiger partial charge is 0.508 e. The predicted molar refractivity (Wildman–Crippen MR) is 111 cm³/mol. The third-order valence-corrected chi connectivity index (χ3v) is 7.39. The Labute approximate surface area is 176 Å². The fourth-order valence-corrected chi connectivity index (χ4v) is 5.46. The summed E-state index contributed by atoms with van der Waals surface area (Å²) in [7, 11) is -3.59. The zero-order chi connectivity index (χ0) is 20.6. The van der Waals surface area contributed by atoms with Crippen molar-refractivity contribution in [3.8, 4) is 5.75 Å². The zero-order valence-corrected chi connectivity index (χ0v) is 17.8. The number of phenolic OH excluding ortho intramolecular Hbond substituents is 1. The molecule has 0 bridgehead atoms. The number of fused-ring (bicyclic) bond motifs is 1. The van der Waals surface area contributed by atoms with Gasteiger partial charge in [0.1, 0.15) is 11.3 Å². The molecule has 0 saturated carbocycles. The van der Waals surface area contributed by atoms with Gasteiger partial charge >= 0.3 is 0 Å². The molecule has 0 radical (unpaired) electrons. The molecule has 0 unspecified atom stereocenters. The van der Waals surface area contributed by atoms with Gasteiger partial charge < -0.3 is 14.4 Å². The predicted octanol–water partition coefficient (Wildman–Crippen LogP) is 2.98. The van der Waals surface area contributed by atoms with Gasteiger partial charge in [0, 0.05) is 47.7 Å². The van der Waals surface area contributed by atoms with Crippen LogP contribution < -0.4 is 0 Å². The third kappa shape index (κ3) is 4.03. The van der Waals surface area contributed by atoms with Gasteiger partial charge in [0.25, 0.3) is 0 Å². The number of furan rings is 1. The second-order valence-electron chi connectivity index (χ2n) is 6.86. The first-order valence-electron chi connectivity index (χ1n) is 9.07. The number of benzene rings is 2. The summed E-state index contributed by atoms with van der Waals surface area (Å²) in [6.45, 7) is 1.17. The smallest absolute Gasteiger partial charge is 0.243 e. The van der Waals surface area contributed by atoms with Crippen LogP contribution in [0.5, 0.6) is 5.75 Å². The highest BCUT2D eigenvalue weighted by atomic mass is 79.9. The molecule has 0 spiro atoms. The normalized spacial score (nSPS) is 15.7. The minimum atomic E-state index is -3.59. The average Bonchev–Trinajstić information content (AvgIpc) is 3.09. The molecule has 9 heteroatoms. The van der Waals surface area contributed by atoms with E-state index in [0.717, 1.165) is 10.9 Å². The number of hydrogen-bond donors (Lipinski definition) is 1. The molecule has 29 heavy (non-hydrogen) atoms. The van der Waals surface area contributed by atoms with Crippen LogP contribution in [0.3, 0.4) is 0 Å². The first-order chi connectivity index (χ1) is 13.8. The molecule has 4 rings (SSSR count). The SMILES string of the molecule is O=C(Cc1coc2cc(O)ccc12)N1CCN(S(=O)(=O)c2cccc(Br)c2)CC1. The number of hydrogen-bond acceptors (Lipinski definition) is 5. The van der Waals surface area contributed by atoms with E-state index in [1.807, 2.05) is 0 Å². The number of carbonyl (C=O) groups excluding carboxylic acids is 1. The highest BCUT2D eigenvalue weighted by Crippen LogP contribution is 2.26. The Kier molecular flexibility index (Phi) is 5.37. The van der Waals surface area contributed by atoms with E-state index in [1.54, 1.807) is 41.3 Å². The van der Waals surface area contributed by atoms with E-state index in [1.165, 1.54) is 16.6 Å². The maximum absolute atomic E-state index is 12.8. The lowest BCUT2D eigenvalue weighted by Crippen LogP contribution is -2.50. The van der Waals surface area contributed by atoms with Crippen molar-refractivity contribution in [1.82, 2.24) is 9.21 Å². The molecule has 2 heterocycles. The first kappa shape index (κ1) is 19.9. The van der Waals surface area contributed by atoms with E-state index in [0.29, 0.717) is 23.1 Å². The summed E-state index contributed by atoms with van der Waals surface area (Å²) < 4.78 is 33.2. The molecule has 7 nitrogen and oxygen atoms in total. The second kappa shape index (κ2) is 7.81. The monoisotopic (exact) mass is 478 g/mol. The number of phenols is 1. The van der Waals surface area contributed by atoms with E-state index in [9.17, 15) is 18.3 Å². The Morgan fingerprint density at radius 2 is 1.86 bits per heavy atom. The van der Waals surface area contributed by atoms with Crippen LogP contribution in [-0.4, -0.2) is 54.8 Å². The van der Waals surface area contributed by atoms with Crippen LogP contribution in [0.1, 0.15) is 5.56 Å². The first-order valence-corrected chi connectivity index (χ1v) is 11.3. The molecule has 1 saturated heterocycles. The number of halogens is 1. The van der Waals surface area contributed by atoms with Crippen LogP contribution in [0.15, 0.2) is 62.5 Å². The topological polar surface area (TPSA) is 91.1 Å². The lowest BCUT2D eigenvalue weighted by molar-refractivity contribution is -0.131. The highest BCUT2D eigenvalue weighted by molar-refractivity contribution is 9.10. The number of aromatic hydroxyl groups is 1. The summed E-state index contributed by atoms with van der Waals surface area (Å²) in [4.78, 5) is 14.6. The minimum Gasteiger partial charge on any atom is -0.508 e. The summed E-state index contributed by atoms with van der Waals surface area (Å²) >= 11 is 3.30. The molecule has 152 valence electrons. The van der Waals surface area contributed by atoms with E-state index in [4.69, 9.17) is 4.42 Å². The molecular formula is C20H19BrN2O5S. The van der Waals surface area contributed by atoms with Crippen LogP contribution in [-0.2, 0) is 21.2 Å². The third-order valence-electron chi connectivity index (χ3n) is 5.01. The standard InChI is InChI=1S/C20H19BrN2O5S/c21-15-2-1-3-17(11-15)29(26,27)23-8-6-22(7-9-23)20(25)10-14-13-28-19-12-16(24)4-5-18(14)19/h1-5,11-13,24H,6-10H2. The van der Waals surface area contributed by atoms with Crippen molar-refractivity contribution in [1.29, 1.82) is 0 Å². The maximum Gasteiger partial charge on any atom is 0.243 e. The van der Waals surface area contributed by atoms with Gasteiger partial charge in [0.05, 0.1) is 17.6 Å². The van der Waals surface area contributed by atoms with Gasteiger partial charge in [0.2, 0.25) is 15.9 Å². The number of sulfonamides is 1. The summed E-state index contributed by atoms with van der Waals surface area (Å²) in [6.07, 6.45) is 1.69. The van der Waals surface area contributed by atoms with Gasteiger partial charge in [-0.25, -0.2) is 8.42 Å². The molecule has 3 aromatic rings. The Hall–Kier alpha value is -2.36. The van der Waals surface area contributed by atoms with E-state index in [2.05, 4.69) is 15.9 Å². The number of amides is 1. The van der Waals surface area contributed by atoms with Gasteiger partial charge in [-0.2, -0.15) is 4.31 Å². The highest BCUT2D eigenvalue weighted by Gasteiger charge is 2.30. The maximum atomic E-state index is 12.8.